The summed E-state index contributed by atoms with van der Waals surface area (Å²) < 4.78 is 1.44. The summed E-state index contributed by atoms with van der Waals surface area (Å²) in [4.78, 5) is 47.4. The third-order valence-electron chi connectivity index (χ3n) is 7.51. The predicted octanol–water partition coefficient (Wildman–Crippen LogP) is 0.396. The van der Waals surface area contributed by atoms with Crippen molar-refractivity contribution in [2.75, 3.05) is 57.7 Å². The highest BCUT2D eigenvalue weighted by Gasteiger charge is 2.34. The van der Waals surface area contributed by atoms with Crippen molar-refractivity contribution in [1.82, 2.24) is 24.3 Å². The molecule has 2 fully saturated rings. The Hall–Kier alpha value is -3.03. The molecule has 2 saturated heterocycles. The number of hydrogen-bond donors (Lipinski definition) is 4. The first-order valence-electron chi connectivity index (χ1n) is 13.6. The predicted molar refractivity (Wildman–Crippen MR) is 156 cm³/mol. The number of hydrogen-bond acceptors (Lipinski definition) is 8. The van der Waals surface area contributed by atoms with E-state index in [9.17, 15) is 19.5 Å². The molecule has 4 rings (SSSR count). The number of carbonyl (C=O) groups is 2. The van der Waals surface area contributed by atoms with Gasteiger partial charge in [0.2, 0.25) is 5.91 Å². The van der Waals surface area contributed by atoms with Crippen LogP contribution in [0.15, 0.2) is 41.3 Å². The molecule has 0 aliphatic carbocycles. The number of rotatable bonds is 7. The summed E-state index contributed by atoms with van der Waals surface area (Å²) in [6.07, 6.45) is 5.81. The van der Waals surface area contributed by atoms with Gasteiger partial charge in [-0.2, -0.15) is 4.98 Å². The lowest BCUT2D eigenvalue weighted by Crippen LogP contribution is -2.60. The van der Waals surface area contributed by atoms with Gasteiger partial charge in [-0.1, -0.05) is 12.1 Å². The fourth-order valence-corrected chi connectivity index (χ4v) is 4.91. The van der Waals surface area contributed by atoms with Crippen LogP contribution in [0.1, 0.15) is 31.7 Å². The first-order chi connectivity index (χ1) is 18.7. The maximum Gasteiger partial charge on any atom is 0.354 e. The van der Waals surface area contributed by atoms with E-state index in [2.05, 4.69) is 15.2 Å². The van der Waals surface area contributed by atoms with E-state index < -0.39 is 23.9 Å². The Bertz CT molecular complexity index is 1200. The molecule has 0 saturated carbocycles. The van der Waals surface area contributed by atoms with E-state index in [1.165, 1.54) is 22.0 Å². The largest absolute Gasteiger partial charge is 0.394 e. The van der Waals surface area contributed by atoms with Crippen molar-refractivity contribution in [1.29, 1.82) is 0 Å². The van der Waals surface area contributed by atoms with Crippen LogP contribution in [-0.2, 0) is 11.2 Å². The van der Waals surface area contributed by atoms with Crippen LogP contribution in [0.25, 0.3) is 5.69 Å². The Morgan fingerprint density at radius 3 is 2.38 bits per heavy atom. The highest BCUT2D eigenvalue weighted by atomic mass is 35.5. The zero-order chi connectivity index (χ0) is 28.0. The number of benzene rings is 1. The number of piperazine rings is 1. The van der Waals surface area contributed by atoms with Crippen LogP contribution in [0.4, 0.5) is 10.6 Å². The molecule has 1 aromatic carbocycles. The number of aliphatic hydroxyl groups excluding tert-OH is 1. The number of nitrogens with one attached hydrogen (secondary N) is 1. The summed E-state index contributed by atoms with van der Waals surface area (Å²) in [5, 5.41) is 12.0. The Kier molecular flexibility index (Phi) is 11.1. The molecule has 0 spiro atoms. The Morgan fingerprint density at radius 1 is 1.05 bits per heavy atom. The van der Waals surface area contributed by atoms with Gasteiger partial charge in [0.05, 0.1) is 12.3 Å². The van der Waals surface area contributed by atoms with E-state index in [0.29, 0.717) is 37.9 Å². The molecule has 6 N–H and O–H groups in total. The average molecular weight is 577 g/mol. The van der Waals surface area contributed by atoms with Gasteiger partial charge in [-0.15, -0.1) is 12.4 Å². The van der Waals surface area contributed by atoms with Crippen molar-refractivity contribution in [3.63, 3.8) is 0 Å². The van der Waals surface area contributed by atoms with Crippen molar-refractivity contribution < 1.29 is 14.7 Å². The molecular weight excluding hydrogens is 536 g/mol. The molecule has 0 radical (unpaired) electrons. The van der Waals surface area contributed by atoms with Crippen LogP contribution in [0.5, 0.6) is 0 Å². The second-order valence-electron chi connectivity index (χ2n) is 10.7. The van der Waals surface area contributed by atoms with Gasteiger partial charge in [-0.3, -0.25) is 14.7 Å². The Balaban J connectivity index is 0.00000441. The molecule has 3 heterocycles. The minimum atomic E-state index is -1.35. The lowest BCUT2D eigenvalue weighted by molar-refractivity contribution is -0.139. The van der Waals surface area contributed by atoms with Gasteiger partial charge in [-0.25, -0.2) is 9.59 Å². The maximum absolute atomic E-state index is 12.7. The average Bonchev–Trinajstić information content (AvgIpc) is 3.15. The number of aromatic nitrogens is 2. The highest BCUT2D eigenvalue weighted by Crippen LogP contribution is 2.14. The van der Waals surface area contributed by atoms with Crippen LogP contribution in [0.2, 0.25) is 0 Å². The molecule has 1 aromatic heterocycles. The normalized spacial score (nSPS) is 19.8. The molecule has 0 bridgehead atoms. The van der Waals surface area contributed by atoms with E-state index >= 15 is 0 Å². The van der Waals surface area contributed by atoms with Gasteiger partial charge in [0, 0.05) is 45.0 Å². The van der Waals surface area contributed by atoms with Crippen molar-refractivity contribution in [2.45, 2.75) is 44.2 Å². The fraction of sp³-hybridized carbons (Fsp3) is 0.556. The van der Waals surface area contributed by atoms with E-state index in [1.807, 2.05) is 24.3 Å². The number of amides is 3. The van der Waals surface area contributed by atoms with Crippen molar-refractivity contribution in [3.8, 4) is 5.69 Å². The molecule has 40 heavy (non-hydrogen) atoms. The van der Waals surface area contributed by atoms with Crippen molar-refractivity contribution in [2.24, 2.45) is 11.5 Å². The van der Waals surface area contributed by atoms with Gasteiger partial charge in [0.25, 0.3) is 0 Å². The molecule has 13 heteroatoms. The number of urea groups is 1. The third kappa shape index (κ3) is 8.01. The Labute approximate surface area is 240 Å². The summed E-state index contributed by atoms with van der Waals surface area (Å²) in [7, 11) is 0. The summed E-state index contributed by atoms with van der Waals surface area (Å²) in [6, 6.07) is 9.35. The van der Waals surface area contributed by atoms with Crippen LogP contribution in [-0.4, -0.2) is 105 Å². The number of halogens is 1. The zero-order valence-electron chi connectivity index (χ0n) is 23.0. The minimum Gasteiger partial charge on any atom is -0.394 e. The van der Waals surface area contributed by atoms with E-state index in [0.717, 1.165) is 45.3 Å². The van der Waals surface area contributed by atoms with Crippen molar-refractivity contribution in [3.05, 3.63) is 52.6 Å². The SMILES string of the molecule is C[C@](N)(CO)C(=O)N1CCN(C(=O)Nc2ccn(-c3ccc(CCN4CCCC(N)CC4)cc3)c(=O)n2)CC1.Cl. The number of nitrogens with zero attached hydrogens (tertiary/aromatic N) is 5. The molecule has 12 nitrogen and oxygen atoms in total. The number of aliphatic hydroxyl groups is 1. The molecule has 2 atom stereocenters. The Morgan fingerprint density at radius 2 is 1.73 bits per heavy atom. The van der Waals surface area contributed by atoms with E-state index in [4.69, 9.17) is 11.5 Å². The summed E-state index contributed by atoms with van der Waals surface area (Å²) in [5.41, 5.74) is 12.0. The lowest BCUT2D eigenvalue weighted by atomic mass is 10.0. The minimum absolute atomic E-state index is 0. The number of likely N-dealkylation sites (tertiary alicyclic amines) is 1. The number of nitrogens with two attached hydrogens (primary N) is 2. The van der Waals surface area contributed by atoms with Gasteiger partial charge in [0.15, 0.2) is 0 Å². The fourth-order valence-electron chi connectivity index (χ4n) is 4.91. The molecule has 2 aromatic rings. The van der Waals surface area contributed by atoms with Gasteiger partial charge in [0.1, 0.15) is 11.4 Å². The maximum atomic E-state index is 12.7. The highest BCUT2D eigenvalue weighted by molar-refractivity contribution is 5.89. The molecule has 220 valence electrons. The van der Waals surface area contributed by atoms with E-state index in [1.54, 1.807) is 17.2 Å². The van der Waals surface area contributed by atoms with Gasteiger partial charge < -0.3 is 31.3 Å². The quantitative estimate of drug-likeness (QED) is 0.368. The first-order valence-corrected chi connectivity index (χ1v) is 13.6. The standard InChI is InChI=1S/C27H40N8O4.ClH/c1-27(29,19-36)24(37)33-15-17-34(18-16-33)25(38)30-23-10-14-35(26(39)31-23)22-6-4-20(5-7-22)8-12-32-11-2-3-21(28)9-13-32;/h4-7,10,14,21,36H,2-3,8-9,11-13,15-19,28-29H2,1H3,(H,30,31,38,39);1H/t21?,27-;/m0./s1. The van der Waals surface area contributed by atoms with Gasteiger partial charge >= 0.3 is 11.7 Å². The topological polar surface area (TPSA) is 163 Å². The summed E-state index contributed by atoms with van der Waals surface area (Å²) in [5.74, 6) is -0.200. The lowest BCUT2D eigenvalue weighted by Gasteiger charge is -2.37. The van der Waals surface area contributed by atoms with E-state index in [-0.39, 0.29) is 24.1 Å². The second kappa shape index (κ2) is 14.0. The third-order valence-corrected chi connectivity index (χ3v) is 7.51. The molecule has 3 amide bonds. The zero-order valence-corrected chi connectivity index (χ0v) is 23.8. The smallest absolute Gasteiger partial charge is 0.354 e. The summed E-state index contributed by atoms with van der Waals surface area (Å²) >= 11 is 0. The second-order valence-corrected chi connectivity index (χ2v) is 10.7. The number of carbonyl (C=O) groups excluding carboxylic acids is 2. The monoisotopic (exact) mass is 576 g/mol. The molecule has 2 aliphatic heterocycles. The van der Waals surface area contributed by atoms with Crippen molar-refractivity contribution >= 4 is 30.2 Å². The van der Waals surface area contributed by atoms with Crippen LogP contribution in [0, 0.1) is 0 Å². The molecular formula is C27H41ClN8O4. The summed E-state index contributed by atoms with van der Waals surface area (Å²) in [6.45, 7) is 5.34. The molecule has 2 aliphatic rings. The number of anilines is 1. The molecule has 1 unspecified atom stereocenters. The first kappa shape index (κ1) is 31.5. The van der Waals surface area contributed by atoms with Crippen LogP contribution >= 0.6 is 12.4 Å². The van der Waals surface area contributed by atoms with Gasteiger partial charge in [-0.05, 0) is 69.5 Å². The van der Waals surface area contributed by atoms with Crippen LogP contribution in [0.3, 0.4) is 0 Å². The van der Waals surface area contributed by atoms with Crippen LogP contribution < -0.4 is 22.5 Å².